The topological polar surface area (TPSA) is 69.8 Å². The molecule has 0 saturated carbocycles. The van der Waals surface area contributed by atoms with Crippen LogP contribution in [0.1, 0.15) is 24.1 Å². The van der Waals surface area contributed by atoms with E-state index in [0.717, 1.165) is 24.3 Å². The number of hydrogen-bond acceptors (Lipinski definition) is 4. The van der Waals surface area contributed by atoms with Crippen LogP contribution in [-0.4, -0.2) is 40.2 Å². The highest BCUT2D eigenvalue weighted by Crippen LogP contribution is 2.19. The molecule has 0 aliphatic carbocycles. The third-order valence-corrected chi connectivity index (χ3v) is 4.52. The van der Waals surface area contributed by atoms with Gasteiger partial charge in [0.15, 0.2) is 0 Å². The second-order valence-electron chi connectivity index (χ2n) is 4.56. The Morgan fingerprint density at radius 3 is 3.00 bits per heavy atom. The van der Waals surface area contributed by atoms with Crippen LogP contribution in [0.4, 0.5) is 0 Å². The van der Waals surface area contributed by atoms with Crippen molar-refractivity contribution in [3.8, 4) is 0 Å². The third-order valence-electron chi connectivity index (χ3n) is 3.15. The summed E-state index contributed by atoms with van der Waals surface area (Å²) in [6.07, 6.45) is 4.09. The molecule has 1 aromatic heterocycles. The number of carbonyl (C=O) groups excluding carboxylic acids is 1. The Morgan fingerprint density at radius 1 is 1.56 bits per heavy atom. The molecule has 0 bridgehead atoms. The van der Waals surface area contributed by atoms with Crippen molar-refractivity contribution >= 4 is 17.7 Å². The molecule has 0 aromatic carbocycles. The maximum atomic E-state index is 11.7. The Morgan fingerprint density at radius 2 is 2.33 bits per heavy atom. The van der Waals surface area contributed by atoms with E-state index in [1.807, 2.05) is 6.92 Å². The largest absolute Gasteiger partial charge is 0.351 e. The van der Waals surface area contributed by atoms with Crippen molar-refractivity contribution in [3.05, 3.63) is 17.5 Å². The van der Waals surface area contributed by atoms with Gasteiger partial charge in [-0.25, -0.2) is 0 Å². The van der Waals surface area contributed by atoms with Gasteiger partial charge in [0.25, 0.3) is 0 Å². The SMILES string of the molecule is Cc1[nH]ncc1CNC(=O)CSC1CCNCC1. The molecule has 1 aliphatic heterocycles. The minimum atomic E-state index is 0.110. The van der Waals surface area contributed by atoms with Crippen molar-refractivity contribution < 1.29 is 4.79 Å². The van der Waals surface area contributed by atoms with Gasteiger partial charge in [0, 0.05) is 23.1 Å². The van der Waals surface area contributed by atoms with Gasteiger partial charge >= 0.3 is 0 Å². The van der Waals surface area contributed by atoms with Crippen LogP contribution in [0, 0.1) is 6.92 Å². The van der Waals surface area contributed by atoms with Crippen LogP contribution in [0.25, 0.3) is 0 Å². The highest BCUT2D eigenvalue weighted by molar-refractivity contribution is 8.00. The summed E-state index contributed by atoms with van der Waals surface area (Å²) in [5.74, 6) is 0.667. The van der Waals surface area contributed by atoms with Crippen molar-refractivity contribution in [3.63, 3.8) is 0 Å². The first-order valence-electron chi connectivity index (χ1n) is 6.33. The summed E-state index contributed by atoms with van der Waals surface area (Å²) in [4.78, 5) is 11.7. The Bertz CT molecular complexity index is 387. The number of carbonyl (C=O) groups is 1. The lowest BCUT2D eigenvalue weighted by molar-refractivity contribution is -0.118. The van der Waals surface area contributed by atoms with Gasteiger partial charge in [0.05, 0.1) is 11.9 Å². The lowest BCUT2D eigenvalue weighted by atomic mass is 10.2. The fourth-order valence-corrected chi connectivity index (χ4v) is 3.01. The summed E-state index contributed by atoms with van der Waals surface area (Å²) in [6.45, 7) is 4.67. The number of rotatable bonds is 5. The van der Waals surface area contributed by atoms with Crippen molar-refractivity contribution in [1.29, 1.82) is 0 Å². The quantitative estimate of drug-likeness (QED) is 0.739. The number of amides is 1. The van der Waals surface area contributed by atoms with Gasteiger partial charge in [-0.05, 0) is 32.9 Å². The van der Waals surface area contributed by atoms with Crippen LogP contribution in [0.3, 0.4) is 0 Å². The predicted molar refractivity (Wildman–Crippen MR) is 73.5 cm³/mol. The number of hydrogen-bond donors (Lipinski definition) is 3. The van der Waals surface area contributed by atoms with Gasteiger partial charge in [0.2, 0.25) is 5.91 Å². The Kier molecular flexibility index (Phi) is 5.07. The van der Waals surface area contributed by atoms with E-state index in [2.05, 4.69) is 20.8 Å². The molecule has 0 radical (unpaired) electrons. The van der Waals surface area contributed by atoms with Gasteiger partial charge in [0.1, 0.15) is 0 Å². The zero-order chi connectivity index (χ0) is 12.8. The first-order chi connectivity index (χ1) is 8.75. The molecule has 1 saturated heterocycles. The normalized spacial score (nSPS) is 16.7. The molecule has 0 unspecified atom stereocenters. The summed E-state index contributed by atoms with van der Waals surface area (Å²) in [6, 6.07) is 0. The molecule has 100 valence electrons. The zero-order valence-electron chi connectivity index (χ0n) is 10.7. The Labute approximate surface area is 111 Å². The number of aromatic amines is 1. The minimum Gasteiger partial charge on any atom is -0.351 e. The van der Waals surface area contributed by atoms with Crippen LogP contribution in [0.15, 0.2) is 6.20 Å². The monoisotopic (exact) mass is 268 g/mol. The summed E-state index contributed by atoms with van der Waals surface area (Å²) < 4.78 is 0. The summed E-state index contributed by atoms with van der Waals surface area (Å²) in [7, 11) is 0. The molecular formula is C12H20N4OS. The average molecular weight is 268 g/mol. The third kappa shape index (κ3) is 4.03. The molecule has 1 aliphatic rings. The smallest absolute Gasteiger partial charge is 0.230 e. The van der Waals surface area contributed by atoms with Gasteiger partial charge in [-0.1, -0.05) is 0 Å². The lowest BCUT2D eigenvalue weighted by Gasteiger charge is -2.21. The standard InChI is InChI=1S/C12H20N4OS/c1-9-10(7-15-16-9)6-14-12(17)8-18-11-2-4-13-5-3-11/h7,11,13H,2-6,8H2,1H3,(H,14,17)(H,15,16). The Balaban J connectivity index is 1.64. The van der Waals surface area contributed by atoms with E-state index in [1.54, 1.807) is 18.0 Å². The number of piperidine rings is 1. The zero-order valence-corrected chi connectivity index (χ0v) is 11.5. The molecule has 0 spiro atoms. The summed E-state index contributed by atoms with van der Waals surface area (Å²) >= 11 is 1.77. The molecule has 1 aromatic rings. The van der Waals surface area contributed by atoms with Gasteiger partial charge in [-0.2, -0.15) is 5.10 Å². The predicted octanol–water partition coefficient (Wildman–Crippen LogP) is 0.820. The van der Waals surface area contributed by atoms with Crippen LogP contribution >= 0.6 is 11.8 Å². The average Bonchev–Trinajstić information content (AvgIpc) is 2.81. The summed E-state index contributed by atoms with van der Waals surface area (Å²) in [5, 5.41) is 13.7. The van der Waals surface area contributed by atoms with E-state index in [0.29, 0.717) is 17.5 Å². The molecule has 6 heteroatoms. The van der Waals surface area contributed by atoms with Gasteiger partial charge in [-0.15, -0.1) is 11.8 Å². The second-order valence-corrected chi connectivity index (χ2v) is 5.85. The number of H-pyrrole nitrogens is 1. The molecular weight excluding hydrogens is 248 g/mol. The molecule has 18 heavy (non-hydrogen) atoms. The van der Waals surface area contributed by atoms with E-state index in [-0.39, 0.29) is 5.91 Å². The van der Waals surface area contributed by atoms with Crippen molar-refractivity contribution in [2.24, 2.45) is 0 Å². The van der Waals surface area contributed by atoms with E-state index >= 15 is 0 Å². The van der Waals surface area contributed by atoms with Crippen molar-refractivity contribution in [2.45, 2.75) is 31.6 Å². The van der Waals surface area contributed by atoms with E-state index in [1.165, 1.54) is 12.8 Å². The maximum absolute atomic E-state index is 11.7. The fraction of sp³-hybridized carbons (Fsp3) is 0.667. The van der Waals surface area contributed by atoms with E-state index in [4.69, 9.17) is 0 Å². The van der Waals surface area contributed by atoms with E-state index in [9.17, 15) is 4.79 Å². The van der Waals surface area contributed by atoms with Crippen molar-refractivity contribution in [2.75, 3.05) is 18.8 Å². The molecule has 1 fully saturated rings. The van der Waals surface area contributed by atoms with Gasteiger partial charge in [-0.3, -0.25) is 9.89 Å². The number of thioether (sulfide) groups is 1. The maximum Gasteiger partial charge on any atom is 0.230 e. The molecule has 2 heterocycles. The molecule has 0 atom stereocenters. The Hall–Kier alpha value is -1.01. The van der Waals surface area contributed by atoms with Crippen LogP contribution < -0.4 is 10.6 Å². The first-order valence-corrected chi connectivity index (χ1v) is 7.38. The molecule has 1 amide bonds. The van der Waals surface area contributed by atoms with Crippen LogP contribution in [-0.2, 0) is 11.3 Å². The van der Waals surface area contributed by atoms with E-state index < -0.39 is 0 Å². The fourth-order valence-electron chi connectivity index (χ4n) is 1.95. The number of aryl methyl sites for hydroxylation is 1. The first kappa shape index (κ1) is 13.4. The van der Waals surface area contributed by atoms with Crippen LogP contribution in [0.2, 0.25) is 0 Å². The molecule has 3 N–H and O–H groups in total. The van der Waals surface area contributed by atoms with Crippen molar-refractivity contribution in [1.82, 2.24) is 20.8 Å². The highest BCUT2D eigenvalue weighted by Gasteiger charge is 2.14. The number of nitrogens with one attached hydrogen (secondary N) is 3. The highest BCUT2D eigenvalue weighted by atomic mass is 32.2. The minimum absolute atomic E-state index is 0.110. The van der Waals surface area contributed by atoms with Crippen LogP contribution in [0.5, 0.6) is 0 Å². The molecule has 5 nitrogen and oxygen atoms in total. The number of nitrogens with zero attached hydrogens (tertiary/aromatic N) is 1. The second kappa shape index (κ2) is 6.80. The molecule has 2 rings (SSSR count). The number of aromatic nitrogens is 2. The lowest BCUT2D eigenvalue weighted by Crippen LogP contribution is -2.31. The van der Waals surface area contributed by atoms with Gasteiger partial charge < -0.3 is 10.6 Å². The summed E-state index contributed by atoms with van der Waals surface area (Å²) in [5.41, 5.74) is 2.07.